The molecule has 136 valence electrons. The minimum absolute atomic E-state index is 0.114. The van der Waals surface area contributed by atoms with E-state index in [0.29, 0.717) is 8.95 Å². The summed E-state index contributed by atoms with van der Waals surface area (Å²) in [4.78, 5) is 34.0. The largest absolute Gasteiger partial charge is 0.368 e. The van der Waals surface area contributed by atoms with Crippen LogP contribution in [0.25, 0.3) is 0 Å². The number of hydrogen-bond acceptors (Lipinski definition) is 4. The number of hydrogen-bond donors (Lipinski definition) is 2. The van der Waals surface area contributed by atoms with Crippen molar-refractivity contribution < 1.29 is 18.9 Å². The molecule has 10 heteroatoms. The Labute approximate surface area is 164 Å². The topological polar surface area (TPSA) is 115 Å². The maximum absolute atomic E-state index is 13.4. The van der Waals surface area contributed by atoms with Crippen LogP contribution in [0, 0.1) is 15.9 Å². The molecule has 0 aliphatic heterocycles. The molecule has 2 rings (SSSR count). The Hall–Kier alpha value is -2.33. The minimum Gasteiger partial charge on any atom is -0.368 e. The molecule has 0 saturated carbocycles. The number of primary amides is 1. The number of nitrogens with two attached hydrogens (primary N) is 1. The van der Waals surface area contributed by atoms with Crippen molar-refractivity contribution in [2.75, 3.05) is 0 Å². The van der Waals surface area contributed by atoms with Crippen LogP contribution in [0.4, 0.5) is 10.1 Å². The zero-order valence-corrected chi connectivity index (χ0v) is 16.2. The Bertz CT molecular complexity index is 872. The molecule has 1 atom stereocenters. The molecule has 0 bridgehead atoms. The fraction of sp³-hybridized carbons (Fsp3) is 0.125. The van der Waals surface area contributed by atoms with Crippen molar-refractivity contribution in [3.05, 3.63) is 72.4 Å². The number of amides is 2. The number of benzene rings is 2. The van der Waals surface area contributed by atoms with Gasteiger partial charge in [-0.05, 0) is 29.8 Å². The van der Waals surface area contributed by atoms with Gasteiger partial charge in [0.2, 0.25) is 11.7 Å². The van der Waals surface area contributed by atoms with Crippen molar-refractivity contribution in [1.29, 1.82) is 0 Å². The Morgan fingerprint density at radius 3 is 2.35 bits per heavy atom. The number of nitro groups is 1. The zero-order chi connectivity index (χ0) is 19.4. The predicted octanol–water partition coefficient (Wildman–Crippen LogP) is 3.09. The first-order chi connectivity index (χ1) is 12.2. The second-order valence-corrected chi connectivity index (χ2v) is 7.16. The summed E-state index contributed by atoms with van der Waals surface area (Å²) in [5.74, 6) is -2.36. The summed E-state index contributed by atoms with van der Waals surface area (Å²) in [6.07, 6.45) is -0.114. The fourth-order valence-electron chi connectivity index (χ4n) is 2.21. The summed E-state index contributed by atoms with van der Waals surface area (Å²) in [6.45, 7) is 0. The normalized spacial score (nSPS) is 11.7. The van der Waals surface area contributed by atoms with Crippen molar-refractivity contribution in [3.8, 4) is 0 Å². The van der Waals surface area contributed by atoms with Gasteiger partial charge in [0.05, 0.1) is 4.92 Å². The molecule has 7 nitrogen and oxygen atoms in total. The molecule has 2 aromatic rings. The third-order valence-corrected chi connectivity index (χ3v) is 4.34. The van der Waals surface area contributed by atoms with Crippen molar-refractivity contribution in [3.63, 3.8) is 0 Å². The van der Waals surface area contributed by atoms with Crippen LogP contribution in [-0.2, 0) is 11.2 Å². The summed E-state index contributed by atoms with van der Waals surface area (Å²) in [6, 6.07) is 6.96. The van der Waals surface area contributed by atoms with E-state index in [4.69, 9.17) is 5.73 Å². The summed E-state index contributed by atoms with van der Waals surface area (Å²) < 4.78 is 14.7. The van der Waals surface area contributed by atoms with Crippen LogP contribution in [0.3, 0.4) is 0 Å². The lowest BCUT2D eigenvalue weighted by molar-refractivity contribution is -0.387. The minimum atomic E-state index is -1.12. The van der Waals surface area contributed by atoms with Crippen LogP contribution < -0.4 is 11.1 Å². The molecule has 0 saturated heterocycles. The van der Waals surface area contributed by atoms with Gasteiger partial charge in [0, 0.05) is 27.0 Å². The van der Waals surface area contributed by atoms with Crippen LogP contribution in [0.1, 0.15) is 15.9 Å². The highest BCUT2D eigenvalue weighted by Gasteiger charge is 2.22. The van der Waals surface area contributed by atoms with E-state index in [1.165, 1.54) is 6.07 Å². The first-order valence-electron chi connectivity index (χ1n) is 7.16. The number of carbonyl (C=O) groups is 2. The predicted molar refractivity (Wildman–Crippen MR) is 99.0 cm³/mol. The zero-order valence-electron chi connectivity index (χ0n) is 13.0. The quantitative estimate of drug-likeness (QED) is 0.480. The average Bonchev–Trinajstić information content (AvgIpc) is 2.54. The summed E-state index contributed by atoms with van der Waals surface area (Å²) in [7, 11) is 0. The monoisotopic (exact) mass is 487 g/mol. The standard InChI is InChI=1S/C16H12Br2FN3O4/c17-10-5-9(6-11(18)7-10)16(24)21-13(15(20)23)3-8-1-2-12(19)14(4-8)22(25)26/h1-2,4-7,13H,3H2,(H2,20,23)(H,21,24)/t13-/m1/s1. The lowest BCUT2D eigenvalue weighted by Crippen LogP contribution is -2.45. The lowest BCUT2D eigenvalue weighted by Gasteiger charge is -2.16. The van der Waals surface area contributed by atoms with E-state index in [1.54, 1.807) is 18.2 Å². The molecule has 0 aliphatic carbocycles. The second kappa shape index (κ2) is 8.37. The molecule has 2 aromatic carbocycles. The number of nitrogens with one attached hydrogen (secondary N) is 1. The van der Waals surface area contributed by atoms with Crippen LogP contribution in [0.15, 0.2) is 45.3 Å². The first kappa shape index (κ1) is 20.0. The van der Waals surface area contributed by atoms with Crippen molar-refractivity contribution in [2.24, 2.45) is 5.73 Å². The van der Waals surface area contributed by atoms with Gasteiger partial charge < -0.3 is 11.1 Å². The van der Waals surface area contributed by atoms with Gasteiger partial charge in [-0.1, -0.05) is 37.9 Å². The molecule has 0 spiro atoms. The van der Waals surface area contributed by atoms with Crippen molar-refractivity contribution in [2.45, 2.75) is 12.5 Å². The van der Waals surface area contributed by atoms with Gasteiger partial charge in [0.15, 0.2) is 0 Å². The van der Waals surface area contributed by atoms with Gasteiger partial charge in [-0.3, -0.25) is 19.7 Å². The van der Waals surface area contributed by atoms with E-state index in [2.05, 4.69) is 37.2 Å². The van der Waals surface area contributed by atoms with Gasteiger partial charge in [0.1, 0.15) is 6.04 Å². The Kier molecular flexibility index (Phi) is 6.43. The molecule has 26 heavy (non-hydrogen) atoms. The van der Waals surface area contributed by atoms with Crippen LogP contribution in [0.2, 0.25) is 0 Å². The second-order valence-electron chi connectivity index (χ2n) is 5.33. The van der Waals surface area contributed by atoms with Gasteiger partial charge in [-0.25, -0.2) is 0 Å². The molecule has 0 aromatic heterocycles. The Morgan fingerprint density at radius 1 is 1.19 bits per heavy atom. The number of carbonyl (C=O) groups excluding carboxylic acids is 2. The molecule has 0 fully saturated rings. The molecule has 3 N–H and O–H groups in total. The highest BCUT2D eigenvalue weighted by Crippen LogP contribution is 2.21. The maximum Gasteiger partial charge on any atom is 0.305 e. The summed E-state index contributed by atoms with van der Waals surface area (Å²) >= 11 is 6.52. The Balaban J connectivity index is 2.22. The van der Waals surface area contributed by atoms with Crippen LogP contribution >= 0.6 is 31.9 Å². The maximum atomic E-state index is 13.4. The van der Waals surface area contributed by atoms with Crippen LogP contribution in [0.5, 0.6) is 0 Å². The van der Waals surface area contributed by atoms with Gasteiger partial charge >= 0.3 is 5.69 Å². The van der Waals surface area contributed by atoms with E-state index < -0.39 is 34.3 Å². The van der Waals surface area contributed by atoms with E-state index in [9.17, 15) is 24.1 Å². The van der Waals surface area contributed by atoms with E-state index >= 15 is 0 Å². The first-order valence-corrected chi connectivity index (χ1v) is 8.75. The Morgan fingerprint density at radius 2 is 1.81 bits per heavy atom. The molecular formula is C16H12Br2FN3O4. The summed E-state index contributed by atoms with van der Waals surface area (Å²) in [5, 5.41) is 13.3. The van der Waals surface area contributed by atoms with Gasteiger partial charge in [0.25, 0.3) is 5.91 Å². The highest BCUT2D eigenvalue weighted by atomic mass is 79.9. The molecule has 0 unspecified atom stereocenters. The van der Waals surface area contributed by atoms with E-state index in [-0.39, 0.29) is 17.5 Å². The molecule has 0 aliphatic rings. The van der Waals surface area contributed by atoms with Crippen molar-refractivity contribution in [1.82, 2.24) is 5.32 Å². The third kappa shape index (κ3) is 5.09. The van der Waals surface area contributed by atoms with Gasteiger partial charge in [-0.2, -0.15) is 4.39 Å². The lowest BCUT2D eigenvalue weighted by atomic mass is 10.0. The molecule has 2 amide bonds. The van der Waals surface area contributed by atoms with Crippen molar-refractivity contribution >= 4 is 49.4 Å². The molecular weight excluding hydrogens is 477 g/mol. The molecule has 0 radical (unpaired) electrons. The van der Waals surface area contributed by atoms with E-state index in [0.717, 1.165) is 12.1 Å². The summed E-state index contributed by atoms with van der Waals surface area (Å²) in [5.41, 5.74) is 5.17. The average molecular weight is 489 g/mol. The molecule has 0 heterocycles. The fourth-order valence-corrected chi connectivity index (χ4v) is 3.50. The van der Waals surface area contributed by atoms with Gasteiger partial charge in [-0.15, -0.1) is 0 Å². The smallest absolute Gasteiger partial charge is 0.305 e. The van der Waals surface area contributed by atoms with E-state index in [1.807, 2.05) is 0 Å². The third-order valence-electron chi connectivity index (χ3n) is 3.42. The number of nitro benzene ring substituents is 1. The number of rotatable bonds is 6. The number of nitrogens with zero attached hydrogens (tertiary/aromatic N) is 1. The SMILES string of the molecule is NC(=O)[C@@H](Cc1ccc(F)c([N+](=O)[O-])c1)NC(=O)c1cc(Br)cc(Br)c1. The highest BCUT2D eigenvalue weighted by molar-refractivity contribution is 9.11. The number of halogens is 3. The van der Waals surface area contributed by atoms with Crippen LogP contribution in [-0.4, -0.2) is 22.8 Å².